The average molecular weight is 485 g/mol. The molecule has 1 heterocycles. The van der Waals surface area contributed by atoms with Crippen LogP contribution in [0, 0.1) is 0 Å². The number of esters is 1. The molecule has 0 aliphatic rings. The maximum atomic E-state index is 13.7. The van der Waals surface area contributed by atoms with Gasteiger partial charge in [0.15, 0.2) is 6.61 Å². The Morgan fingerprint density at radius 1 is 1.13 bits per heavy atom. The highest BCUT2D eigenvalue weighted by Crippen LogP contribution is 2.38. The highest BCUT2D eigenvalue weighted by molar-refractivity contribution is 9.10. The topological polar surface area (TPSA) is 65.7 Å². The third-order valence-electron chi connectivity index (χ3n) is 3.98. The number of fused-ring (bicyclic) bond motifs is 1. The lowest BCUT2D eigenvalue weighted by Crippen LogP contribution is -2.19. The van der Waals surface area contributed by atoms with Crippen molar-refractivity contribution in [3.8, 4) is 16.9 Å². The van der Waals surface area contributed by atoms with E-state index in [-0.39, 0.29) is 28.4 Å². The molecule has 2 aromatic carbocycles. The zero-order valence-corrected chi connectivity index (χ0v) is 17.5. The Morgan fingerprint density at radius 2 is 1.80 bits per heavy atom. The molecule has 0 amide bonds. The van der Waals surface area contributed by atoms with E-state index < -0.39 is 35.5 Å². The van der Waals surface area contributed by atoms with Crippen LogP contribution in [0.1, 0.15) is 19.6 Å². The van der Waals surface area contributed by atoms with E-state index in [4.69, 9.17) is 13.9 Å². The number of halogens is 4. The SMILES string of the molecule is CC(C)OC(=O)COc1ccc2c(=O)c(-c3ccc(Br)cc3)c(C(F)(F)F)oc2c1. The summed E-state index contributed by atoms with van der Waals surface area (Å²) in [5.74, 6) is -1.97. The third kappa shape index (κ3) is 4.84. The van der Waals surface area contributed by atoms with Crippen molar-refractivity contribution < 1.29 is 31.9 Å². The van der Waals surface area contributed by atoms with Gasteiger partial charge in [0.25, 0.3) is 0 Å². The van der Waals surface area contributed by atoms with Crippen molar-refractivity contribution in [3.63, 3.8) is 0 Å². The minimum atomic E-state index is -4.90. The van der Waals surface area contributed by atoms with Crippen LogP contribution in [0.2, 0.25) is 0 Å². The molecule has 3 rings (SSSR count). The Morgan fingerprint density at radius 3 is 2.40 bits per heavy atom. The zero-order valence-electron chi connectivity index (χ0n) is 15.9. The summed E-state index contributed by atoms with van der Waals surface area (Å²) < 4.78 is 56.9. The summed E-state index contributed by atoms with van der Waals surface area (Å²) in [6.45, 7) is 2.91. The fourth-order valence-electron chi connectivity index (χ4n) is 2.78. The first kappa shape index (κ1) is 21.9. The smallest absolute Gasteiger partial charge is 0.450 e. The first-order chi connectivity index (χ1) is 14.1. The molecule has 30 heavy (non-hydrogen) atoms. The number of alkyl halides is 3. The lowest BCUT2D eigenvalue weighted by Gasteiger charge is -2.14. The Labute approximate surface area is 177 Å². The van der Waals surface area contributed by atoms with Gasteiger partial charge in [0.1, 0.15) is 11.3 Å². The normalized spacial score (nSPS) is 11.7. The van der Waals surface area contributed by atoms with Gasteiger partial charge in [-0.15, -0.1) is 0 Å². The molecule has 0 radical (unpaired) electrons. The van der Waals surface area contributed by atoms with Crippen molar-refractivity contribution in [2.45, 2.75) is 26.1 Å². The summed E-state index contributed by atoms with van der Waals surface area (Å²) >= 11 is 3.21. The molecule has 0 unspecified atom stereocenters. The standard InChI is InChI=1S/C21H16BrF3O5/c1-11(2)29-17(26)10-28-14-7-8-15-16(9-14)30-20(21(23,24)25)18(19(15)27)12-3-5-13(22)6-4-12/h3-9,11H,10H2,1-2H3. The zero-order chi connectivity index (χ0) is 22.1. The Balaban J connectivity index is 2.07. The molecule has 0 bridgehead atoms. The maximum Gasteiger partial charge on any atom is 0.450 e. The maximum absolute atomic E-state index is 13.7. The van der Waals surface area contributed by atoms with E-state index in [0.29, 0.717) is 4.47 Å². The van der Waals surface area contributed by atoms with Crippen LogP contribution >= 0.6 is 15.9 Å². The minimum Gasteiger partial charge on any atom is -0.482 e. The molecular formula is C21H16BrF3O5. The summed E-state index contributed by atoms with van der Waals surface area (Å²) in [5, 5.41) is -0.0435. The van der Waals surface area contributed by atoms with Crippen molar-refractivity contribution in [1.82, 2.24) is 0 Å². The number of rotatable bonds is 5. The van der Waals surface area contributed by atoms with Crippen LogP contribution in [-0.2, 0) is 15.7 Å². The molecule has 0 atom stereocenters. The number of benzene rings is 2. The summed E-state index contributed by atoms with van der Waals surface area (Å²) in [6, 6.07) is 9.68. The molecule has 0 spiro atoms. The van der Waals surface area contributed by atoms with E-state index in [1.807, 2.05) is 0 Å². The van der Waals surface area contributed by atoms with Gasteiger partial charge in [-0.3, -0.25) is 4.79 Å². The van der Waals surface area contributed by atoms with E-state index in [1.165, 1.54) is 36.4 Å². The lowest BCUT2D eigenvalue weighted by molar-refractivity contribution is -0.152. The van der Waals surface area contributed by atoms with Gasteiger partial charge in [-0.25, -0.2) is 4.79 Å². The number of carbonyl (C=O) groups excluding carboxylic acids is 1. The molecule has 0 aliphatic carbocycles. The number of ether oxygens (including phenoxy) is 2. The molecule has 0 N–H and O–H groups in total. The predicted molar refractivity (Wildman–Crippen MR) is 107 cm³/mol. The molecule has 0 fully saturated rings. The van der Waals surface area contributed by atoms with Crippen molar-refractivity contribution in [3.05, 3.63) is 62.9 Å². The Bertz CT molecular complexity index is 1130. The highest BCUT2D eigenvalue weighted by Gasteiger charge is 2.39. The second kappa shape index (κ2) is 8.51. The van der Waals surface area contributed by atoms with Crippen molar-refractivity contribution >= 4 is 32.9 Å². The lowest BCUT2D eigenvalue weighted by atomic mass is 10.0. The van der Waals surface area contributed by atoms with Gasteiger partial charge in [-0.2, -0.15) is 13.2 Å². The first-order valence-corrected chi connectivity index (χ1v) is 9.62. The molecule has 1 aromatic heterocycles. The van der Waals surface area contributed by atoms with E-state index in [2.05, 4.69) is 15.9 Å². The Hall–Kier alpha value is -2.81. The van der Waals surface area contributed by atoms with Gasteiger partial charge in [-0.1, -0.05) is 28.1 Å². The van der Waals surface area contributed by atoms with Crippen LogP contribution in [0.4, 0.5) is 13.2 Å². The number of carbonyl (C=O) groups is 1. The van der Waals surface area contributed by atoms with Crippen molar-refractivity contribution in [2.75, 3.05) is 6.61 Å². The molecule has 0 saturated carbocycles. The average Bonchev–Trinajstić information content (AvgIpc) is 2.66. The largest absolute Gasteiger partial charge is 0.482 e. The quantitative estimate of drug-likeness (QED) is 0.442. The second-order valence-corrected chi connectivity index (χ2v) is 7.54. The fraction of sp³-hybridized carbons (Fsp3) is 0.238. The fourth-order valence-corrected chi connectivity index (χ4v) is 3.05. The molecule has 0 saturated heterocycles. The first-order valence-electron chi connectivity index (χ1n) is 8.82. The Kier molecular flexibility index (Phi) is 6.21. The molecular weight excluding hydrogens is 469 g/mol. The van der Waals surface area contributed by atoms with Crippen LogP contribution in [0.15, 0.2) is 56.1 Å². The molecule has 0 aliphatic heterocycles. The minimum absolute atomic E-state index is 0.0435. The summed E-state index contributed by atoms with van der Waals surface area (Å²) in [4.78, 5) is 24.5. The van der Waals surface area contributed by atoms with Gasteiger partial charge >= 0.3 is 12.1 Å². The summed E-state index contributed by atoms with van der Waals surface area (Å²) in [7, 11) is 0. The van der Waals surface area contributed by atoms with Gasteiger partial charge in [0.05, 0.1) is 17.1 Å². The van der Waals surface area contributed by atoms with Crippen molar-refractivity contribution in [2.24, 2.45) is 0 Å². The third-order valence-corrected chi connectivity index (χ3v) is 4.51. The number of hydrogen-bond donors (Lipinski definition) is 0. The number of hydrogen-bond acceptors (Lipinski definition) is 5. The van der Waals surface area contributed by atoms with Gasteiger partial charge in [-0.05, 0) is 43.7 Å². The van der Waals surface area contributed by atoms with Crippen LogP contribution in [-0.4, -0.2) is 18.7 Å². The van der Waals surface area contributed by atoms with Crippen LogP contribution in [0.3, 0.4) is 0 Å². The van der Waals surface area contributed by atoms with Crippen LogP contribution in [0.5, 0.6) is 5.75 Å². The van der Waals surface area contributed by atoms with E-state index in [0.717, 1.165) is 6.07 Å². The molecule has 158 valence electrons. The molecule has 9 heteroatoms. The van der Waals surface area contributed by atoms with E-state index >= 15 is 0 Å². The van der Waals surface area contributed by atoms with E-state index in [1.54, 1.807) is 13.8 Å². The second-order valence-electron chi connectivity index (χ2n) is 6.63. The van der Waals surface area contributed by atoms with Gasteiger partial charge in [0.2, 0.25) is 11.2 Å². The van der Waals surface area contributed by atoms with Crippen LogP contribution in [0.25, 0.3) is 22.1 Å². The van der Waals surface area contributed by atoms with Gasteiger partial charge in [0, 0.05) is 10.5 Å². The monoisotopic (exact) mass is 484 g/mol. The van der Waals surface area contributed by atoms with Crippen molar-refractivity contribution in [1.29, 1.82) is 0 Å². The molecule has 5 nitrogen and oxygen atoms in total. The van der Waals surface area contributed by atoms with Crippen LogP contribution < -0.4 is 10.2 Å². The summed E-state index contributed by atoms with van der Waals surface area (Å²) in [5.41, 5.74) is -1.62. The predicted octanol–water partition coefficient (Wildman–Crippen LogP) is 5.57. The van der Waals surface area contributed by atoms with E-state index in [9.17, 15) is 22.8 Å². The summed E-state index contributed by atoms with van der Waals surface area (Å²) in [6.07, 6.45) is -5.23. The van der Waals surface area contributed by atoms with Gasteiger partial charge < -0.3 is 13.9 Å². The highest BCUT2D eigenvalue weighted by atomic mass is 79.9. The molecule has 3 aromatic rings.